The molecule has 0 aliphatic carbocycles. The van der Waals surface area contributed by atoms with E-state index < -0.39 is 0 Å². The minimum Gasteiger partial charge on any atom is -0.496 e. The minimum atomic E-state index is -0.0884. The number of hydrogen-bond donors (Lipinski definition) is 0. The van der Waals surface area contributed by atoms with Crippen LogP contribution in [0.1, 0.15) is 10.4 Å². The first-order valence-electron chi connectivity index (χ1n) is 5.65. The van der Waals surface area contributed by atoms with E-state index in [4.69, 9.17) is 4.74 Å². The molecule has 0 spiro atoms. The molecular formula is C14H13BrN2O2. The van der Waals surface area contributed by atoms with E-state index in [9.17, 15) is 4.79 Å². The lowest BCUT2D eigenvalue weighted by molar-refractivity contribution is 0.0993. The second kappa shape index (κ2) is 5.84. The van der Waals surface area contributed by atoms with E-state index in [2.05, 4.69) is 20.9 Å². The number of pyridine rings is 1. The monoisotopic (exact) mass is 320 g/mol. The smallest absolute Gasteiger partial charge is 0.258 e. The molecule has 0 radical (unpaired) electrons. The van der Waals surface area contributed by atoms with E-state index in [0.29, 0.717) is 11.3 Å². The average molecular weight is 321 g/mol. The lowest BCUT2D eigenvalue weighted by atomic mass is 10.2. The lowest BCUT2D eigenvalue weighted by Crippen LogP contribution is -2.26. The Morgan fingerprint density at radius 1 is 1.26 bits per heavy atom. The van der Waals surface area contributed by atoms with Gasteiger partial charge in [-0.2, -0.15) is 0 Å². The third-order valence-electron chi connectivity index (χ3n) is 2.75. The number of nitrogens with zero attached hydrogens (tertiary/aromatic N) is 2. The Balaban J connectivity index is 2.27. The first-order chi connectivity index (χ1) is 9.13. The highest BCUT2D eigenvalue weighted by Gasteiger charge is 2.14. The van der Waals surface area contributed by atoms with Crippen LogP contribution in [-0.4, -0.2) is 25.0 Å². The first-order valence-corrected chi connectivity index (χ1v) is 6.44. The Morgan fingerprint density at radius 3 is 2.53 bits per heavy atom. The zero-order valence-electron chi connectivity index (χ0n) is 10.6. The van der Waals surface area contributed by atoms with Gasteiger partial charge in [-0.15, -0.1) is 0 Å². The van der Waals surface area contributed by atoms with Gasteiger partial charge in [0.1, 0.15) is 5.75 Å². The maximum absolute atomic E-state index is 12.3. The molecule has 4 nitrogen and oxygen atoms in total. The second-order valence-electron chi connectivity index (χ2n) is 3.92. The summed E-state index contributed by atoms with van der Waals surface area (Å²) in [6.07, 6.45) is 3.31. The van der Waals surface area contributed by atoms with Gasteiger partial charge in [-0.1, -0.05) is 0 Å². The van der Waals surface area contributed by atoms with Crippen molar-refractivity contribution in [2.24, 2.45) is 0 Å². The van der Waals surface area contributed by atoms with Crippen molar-refractivity contribution in [3.63, 3.8) is 0 Å². The summed E-state index contributed by atoms with van der Waals surface area (Å²) >= 11 is 3.38. The summed E-state index contributed by atoms with van der Waals surface area (Å²) in [5.74, 6) is 0.609. The number of carbonyl (C=O) groups excluding carboxylic acids is 1. The zero-order chi connectivity index (χ0) is 13.8. The fraction of sp³-hybridized carbons (Fsp3) is 0.143. The Bertz CT molecular complexity index is 587. The molecule has 1 amide bonds. The Hall–Kier alpha value is -1.88. The molecule has 0 saturated heterocycles. The Morgan fingerprint density at radius 2 is 1.95 bits per heavy atom. The molecule has 1 aromatic carbocycles. The van der Waals surface area contributed by atoms with Gasteiger partial charge in [0.25, 0.3) is 5.91 Å². The highest BCUT2D eigenvalue weighted by atomic mass is 79.9. The predicted octanol–water partition coefficient (Wildman–Crippen LogP) is 3.13. The van der Waals surface area contributed by atoms with Gasteiger partial charge in [-0.25, -0.2) is 0 Å². The molecule has 0 saturated carbocycles. The van der Waals surface area contributed by atoms with Crippen LogP contribution in [0.5, 0.6) is 5.75 Å². The van der Waals surface area contributed by atoms with E-state index in [1.54, 1.807) is 61.8 Å². The molecule has 0 bridgehead atoms. The van der Waals surface area contributed by atoms with Crippen LogP contribution in [0.15, 0.2) is 47.2 Å². The summed E-state index contributed by atoms with van der Waals surface area (Å²) < 4.78 is 5.90. The summed E-state index contributed by atoms with van der Waals surface area (Å²) in [5.41, 5.74) is 1.39. The summed E-state index contributed by atoms with van der Waals surface area (Å²) in [7, 11) is 3.32. The van der Waals surface area contributed by atoms with Crippen LogP contribution in [0.3, 0.4) is 0 Å². The fourth-order valence-electron chi connectivity index (χ4n) is 1.68. The number of benzene rings is 1. The number of rotatable bonds is 3. The van der Waals surface area contributed by atoms with Gasteiger partial charge in [0.15, 0.2) is 0 Å². The molecule has 1 heterocycles. The normalized spacial score (nSPS) is 10.1. The SMILES string of the molecule is COc1ccc(C(=O)N(C)c2ccncc2)cc1Br. The average Bonchev–Trinajstić information content (AvgIpc) is 2.46. The van der Waals surface area contributed by atoms with E-state index in [1.165, 1.54) is 0 Å². The predicted molar refractivity (Wildman–Crippen MR) is 77.7 cm³/mol. The van der Waals surface area contributed by atoms with E-state index in [-0.39, 0.29) is 5.91 Å². The molecule has 0 atom stereocenters. The number of aromatic nitrogens is 1. The molecule has 0 N–H and O–H groups in total. The quantitative estimate of drug-likeness (QED) is 0.872. The molecule has 2 rings (SSSR count). The van der Waals surface area contributed by atoms with Crippen molar-refractivity contribution in [3.8, 4) is 5.75 Å². The summed E-state index contributed by atoms with van der Waals surface area (Å²) in [5, 5.41) is 0. The van der Waals surface area contributed by atoms with Crippen molar-refractivity contribution >= 4 is 27.5 Å². The van der Waals surface area contributed by atoms with Crippen LogP contribution in [-0.2, 0) is 0 Å². The highest BCUT2D eigenvalue weighted by Crippen LogP contribution is 2.26. The molecule has 1 aromatic heterocycles. The maximum atomic E-state index is 12.3. The van der Waals surface area contributed by atoms with Crippen LogP contribution in [0.2, 0.25) is 0 Å². The van der Waals surface area contributed by atoms with Crippen molar-refractivity contribution < 1.29 is 9.53 Å². The van der Waals surface area contributed by atoms with E-state index >= 15 is 0 Å². The van der Waals surface area contributed by atoms with Gasteiger partial charge < -0.3 is 9.64 Å². The Labute approximate surface area is 120 Å². The number of halogens is 1. The van der Waals surface area contributed by atoms with Crippen molar-refractivity contribution in [3.05, 3.63) is 52.8 Å². The van der Waals surface area contributed by atoms with E-state index in [0.717, 1.165) is 10.2 Å². The number of anilines is 1. The van der Waals surface area contributed by atoms with Crippen LogP contribution < -0.4 is 9.64 Å². The molecular weight excluding hydrogens is 308 g/mol. The van der Waals surface area contributed by atoms with Crippen LogP contribution in [0.25, 0.3) is 0 Å². The fourth-order valence-corrected chi connectivity index (χ4v) is 2.22. The summed E-state index contributed by atoms with van der Waals surface area (Å²) in [6, 6.07) is 8.83. The molecule has 0 aliphatic heterocycles. The van der Waals surface area contributed by atoms with Crippen molar-refractivity contribution in [2.75, 3.05) is 19.1 Å². The van der Waals surface area contributed by atoms with Gasteiger partial charge in [0.05, 0.1) is 11.6 Å². The number of amides is 1. The van der Waals surface area contributed by atoms with Crippen LogP contribution >= 0.6 is 15.9 Å². The standard InChI is InChI=1S/C14H13BrN2O2/c1-17(11-5-7-16-8-6-11)14(18)10-3-4-13(19-2)12(15)9-10/h3-9H,1-2H3. The number of hydrogen-bond acceptors (Lipinski definition) is 3. The van der Waals surface area contributed by atoms with Crippen molar-refractivity contribution in [2.45, 2.75) is 0 Å². The zero-order valence-corrected chi connectivity index (χ0v) is 12.2. The van der Waals surface area contributed by atoms with Crippen LogP contribution in [0.4, 0.5) is 5.69 Å². The summed E-state index contributed by atoms with van der Waals surface area (Å²) in [4.78, 5) is 17.9. The van der Waals surface area contributed by atoms with Crippen molar-refractivity contribution in [1.82, 2.24) is 4.98 Å². The minimum absolute atomic E-state index is 0.0884. The number of ether oxygens (including phenoxy) is 1. The van der Waals surface area contributed by atoms with Crippen molar-refractivity contribution in [1.29, 1.82) is 0 Å². The number of methoxy groups -OCH3 is 1. The molecule has 0 aliphatic rings. The molecule has 19 heavy (non-hydrogen) atoms. The molecule has 0 unspecified atom stereocenters. The van der Waals surface area contributed by atoms with Crippen LogP contribution in [0, 0.1) is 0 Å². The Kier molecular flexibility index (Phi) is 4.16. The van der Waals surface area contributed by atoms with Gasteiger partial charge in [-0.3, -0.25) is 9.78 Å². The van der Waals surface area contributed by atoms with Gasteiger partial charge >= 0.3 is 0 Å². The van der Waals surface area contributed by atoms with Gasteiger partial charge in [0.2, 0.25) is 0 Å². The molecule has 2 aromatic rings. The topological polar surface area (TPSA) is 42.4 Å². The molecule has 0 fully saturated rings. The third-order valence-corrected chi connectivity index (χ3v) is 3.37. The van der Waals surface area contributed by atoms with E-state index in [1.807, 2.05) is 0 Å². The molecule has 5 heteroatoms. The highest BCUT2D eigenvalue weighted by molar-refractivity contribution is 9.10. The summed E-state index contributed by atoms with van der Waals surface area (Å²) in [6.45, 7) is 0. The number of carbonyl (C=O) groups is 1. The third kappa shape index (κ3) is 2.93. The maximum Gasteiger partial charge on any atom is 0.258 e. The first kappa shape index (κ1) is 13.5. The van der Waals surface area contributed by atoms with Gasteiger partial charge in [-0.05, 0) is 46.3 Å². The van der Waals surface area contributed by atoms with Gasteiger partial charge in [0, 0.05) is 30.7 Å². The lowest BCUT2D eigenvalue weighted by Gasteiger charge is -2.17. The largest absolute Gasteiger partial charge is 0.496 e. The second-order valence-corrected chi connectivity index (χ2v) is 4.77. The molecule has 98 valence electrons.